The summed E-state index contributed by atoms with van der Waals surface area (Å²) in [6.45, 7) is 10.2. The fourth-order valence-corrected chi connectivity index (χ4v) is 3.41. The summed E-state index contributed by atoms with van der Waals surface area (Å²) >= 11 is 0. The van der Waals surface area contributed by atoms with Gasteiger partial charge in [-0.3, -0.25) is 0 Å². The smallest absolute Gasteiger partial charge is 0.336 e. The van der Waals surface area contributed by atoms with Crippen LogP contribution in [-0.2, 0) is 6.54 Å². The first kappa shape index (κ1) is 19.6. The van der Waals surface area contributed by atoms with Crippen LogP contribution in [0, 0.1) is 20.8 Å². The molecule has 0 aliphatic carbocycles. The summed E-state index contributed by atoms with van der Waals surface area (Å²) in [6.07, 6.45) is 2.07. The molecule has 3 aromatic rings. The minimum atomic E-state index is -0.326. The van der Waals surface area contributed by atoms with Crippen molar-refractivity contribution in [2.24, 2.45) is 5.73 Å². The number of fused-ring (bicyclic) bond motifs is 2. The summed E-state index contributed by atoms with van der Waals surface area (Å²) in [7, 11) is 0. The fraction of sp³-hybridized carbons (Fsp3) is 0.476. The molecule has 0 unspecified atom stereocenters. The molecular weight excluding hydrogens is 342 g/mol. The Balaban J connectivity index is 1.73. The minimum Gasteiger partial charge on any atom is -0.459 e. The van der Waals surface area contributed by atoms with Crippen LogP contribution in [0.1, 0.15) is 35.3 Å². The van der Waals surface area contributed by atoms with E-state index in [-0.39, 0.29) is 5.63 Å². The van der Waals surface area contributed by atoms with Gasteiger partial charge in [-0.25, -0.2) is 4.79 Å². The molecule has 0 radical (unpaired) electrons. The van der Waals surface area contributed by atoms with E-state index in [1.807, 2.05) is 13.8 Å². The van der Waals surface area contributed by atoms with Gasteiger partial charge in [0.2, 0.25) is 0 Å². The fourth-order valence-electron chi connectivity index (χ4n) is 3.41. The summed E-state index contributed by atoms with van der Waals surface area (Å²) in [6, 6.07) is 3.60. The third-order valence-corrected chi connectivity index (χ3v) is 5.02. The summed E-state index contributed by atoms with van der Waals surface area (Å²) in [5, 5.41) is 8.86. The minimum absolute atomic E-state index is 0.326. The molecule has 6 nitrogen and oxygen atoms in total. The van der Waals surface area contributed by atoms with Gasteiger partial charge in [-0.15, -0.1) is 0 Å². The number of hydrogen-bond donors (Lipinski definition) is 3. The summed E-state index contributed by atoms with van der Waals surface area (Å²) in [5.41, 5.74) is 9.50. The van der Waals surface area contributed by atoms with E-state index in [4.69, 9.17) is 14.6 Å². The van der Waals surface area contributed by atoms with Crippen LogP contribution >= 0.6 is 0 Å². The Bertz CT molecular complexity index is 988. The van der Waals surface area contributed by atoms with Crippen LogP contribution in [0.2, 0.25) is 0 Å². The van der Waals surface area contributed by atoms with Crippen molar-refractivity contribution in [2.75, 3.05) is 26.2 Å². The molecule has 0 fully saturated rings. The van der Waals surface area contributed by atoms with Gasteiger partial charge in [0.15, 0.2) is 0 Å². The predicted octanol–water partition coefficient (Wildman–Crippen LogP) is 2.88. The van der Waals surface area contributed by atoms with Crippen molar-refractivity contribution in [2.45, 2.75) is 40.2 Å². The molecule has 0 aliphatic rings. The number of rotatable bonds is 9. The Morgan fingerprint density at radius 3 is 2.37 bits per heavy atom. The van der Waals surface area contributed by atoms with Crippen LogP contribution in [0.25, 0.3) is 21.9 Å². The predicted molar refractivity (Wildman–Crippen MR) is 109 cm³/mol. The number of nitrogens with one attached hydrogen (secondary N) is 2. The van der Waals surface area contributed by atoms with Crippen LogP contribution in [0.15, 0.2) is 25.8 Å². The molecule has 0 amide bonds. The highest BCUT2D eigenvalue weighted by Gasteiger charge is 2.17. The average Bonchev–Trinajstić information content (AvgIpc) is 2.95. The van der Waals surface area contributed by atoms with Crippen molar-refractivity contribution in [3.63, 3.8) is 0 Å². The van der Waals surface area contributed by atoms with E-state index in [1.54, 1.807) is 0 Å². The Labute approximate surface area is 159 Å². The van der Waals surface area contributed by atoms with Crippen molar-refractivity contribution in [1.29, 1.82) is 0 Å². The van der Waals surface area contributed by atoms with Gasteiger partial charge in [0, 0.05) is 22.4 Å². The maximum absolute atomic E-state index is 11.7. The zero-order chi connectivity index (χ0) is 19.4. The molecule has 0 saturated heterocycles. The topological polar surface area (TPSA) is 93.4 Å². The van der Waals surface area contributed by atoms with Gasteiger partial charge in [-0.2, -0.15) is 0 Å². The van der Waals surface area contributed by atoms with Crippen molar-refractivity contribution >= 4 is 21.9 Å². The maximum Gasteiger partial charge on any atom is 0.336 e. The zero-order valence-corrected chi connectivity index (χ0v) is 16.4. The van der Waals surface area contributed by atoms with Crippen molar-refractivity contribution < 1.29 is 8.83 Å². The highest BCUT2D eigenvalue weighted by atomic mass is 16.4. The van der Waals surface area contributed by atoms with Gasteiger partial charge in [-0.05, 0) is 77.0 Å². The third-order valence-electron chi connectivity index (χ3n) is 5.02. The molecule has 2 heterocycles. The van der Waals surface area contributed by atoms with Crippen LogP contribution in [0.4, 0.5) is 0 Å². The average molecular weight is 371 g/mol. The number of benzene rings is 1. The molecule has 0 aliphatic heterocycles. The highest BCUT2D eigenvalue weighted by molar-refractivity contribution is 5.99. The lowest BCUT2D eigenvalue weighted by Gasteiger charge is -2.05. The van der Waals surface area contributed by atoms with E-state index < -0.39 is 0 Å². The standard InChI is InChI=1S/C21H29N3O3/c1-13-10-19(25)27-20-15(3)21-17(11-16(13)20)14(2)18(26-21)12-24-9-5-8-23-7-4-6-22/h10-11,23-24H,4-9,12,22H2,1-3H3. The Kier molecular flexibility index (Phi) is 6.31. The first-order chi connectivity index (χ1) is 13.0. The summed E-state index contributed by atoms with van der Waals surface area (Å²) < 4.78 is 11.6. The number of aryl methyl sites for hydroxylation is 3. The molecule has 0 saturated carbocycles. The first-order valence-electron chi connectivity index (χ1n) is 9.60. The monoisotopic (exact) mass is 371 g/mol. The van der Waals surface area contributed by atoms with Crippen molar-refractivity contribution in [3.05, 3.63) is 45.0 Å². The molecule has 0 bridgehead atoms. The van der Waals surface area contributed by atoms with Crippen molar-refractivity contribution in [1.82, 2.24) is 10.6 Å². The quantitative estimate of drug-likeness (QED) is 0.396. The first-order valence-corrected chi connectivity index (χ1v) is 9.60. The lowest BCUT2D eigenvalue weighted by atomic mass is 10.0. The summed E-state index contributed by atoms with van der Waals surface area (Å²) in [4.78, 5) is 11.7. The Morgan fingerprint density at radius 1 is 0.889 bits per heavy atom. The Hall–Kier alpha value is -2.15. The lowest BCUT2D eigenvalue weighted by molar-refractivity contribution is 0.499. The maximum atomic E-state index is 11.7. The van der Waals surface area contributed by atoms with Gasteiger partial charge >= 0.3 is 5.63 Å². The van der Waals surface area contributed by atoms with Crippen LogP contribution in [0.3, 0.4) is 0 Å². The Morgan fingerprint density at radius 2 is 1.59 bits per heavy atom. The largest absolute Gasteiger partial charge is 0.459 e. The molecule has 0 spiro atoms. The lowest BCUT2D eigenvalue weighted by Crippen LogP contribution is -2.23. The molecule has 0 atom stereocenters. The number of nitrogens with two attached hydrogens (primary N) is 1. The second-order valence-corrected chi connectivity index (χ2v) is 7.08. The molecule has 1 aromatic carbocycles. The van der Waals surface area contributed by atoms with Crippen molar-refractivity contribution in [3.8, 4) is 0 Å². The van der Waals surface area contributed by atoms with E-state index in [0.29, 0.717) is 12.1 Å². The second kappa shape index (κ2) is 8.69. The SMILES string of the molecule is Cc1cc(=O)oc2c(C)c3oc(CNCCCNCCCN)c(C)c3cc12. The molecule has 4 N–H and O–H groups in total. The van der Waals surface area contributed by atoms with E-state index in [0.717, 1.165) is 77.8 Å². The van der Waals surface area contributed by atoms with Gasteiger partial charge in [0.1, 0.15) is 16.9 Å². The zero-order valence-electron chi connectivity index (χ0n) is 16.4. The molecule has 6 heteroatoms. The number of furan rings is 1. The van der Waals surface area contributed by atoms with Crippen LogP contribution < -0.4 is 22.0 Å². The molecule has 3 rings (SSSR count). The number of hydrogen-bond acceptors (Lipinski definition) is 6. The molecule has 27 heavy (non-hydrogen) atoms. The third kappa shape index (κ3) is 4.24. The normalized spacial score (nSPS) is 11.7. The summed E-state index contributed by atoms with van der Waals surface area (Å²) in [5.74, 6) is 0.930. The van der Waals surface area contributed by atoms with E-state index in [9.17, 15) is 4.79 Å². The molecular formula is C21H29N3O3. The van der Waals surface area contributed by atoms with E-state index >= 15 is 0 Å². The van der Waals surface area contributed by atoms with Gasteiger partial charge in [-0.1, -0.05) is 0 Å². The van der Waals surface area contributed by atoms with Crippen LogP contribution in [0.5, 0.6) is 0 Å². The van der Waals surface area contributed by atoms with E-state index in [1.165, 1.54) is 6.07 Å². The van der Waals surface area contributed by atoms with E-state index in [2.05, 4.69) is 23.6 Å². The molecule has 146 valence electrons. The van der Waals surface area contributed by atoms with Gasteiger partial charge in [0.05, 0.1) is 6.54 Å². The second-order valence-electron chi connectivity index (χ2n) is 7.08. The van der Waals surface area contributed by atoms with Gasteiger partial charge in [0.25, 0.3) is 0 Å². The van der Waals surface area contributed by atoms with Gasteiger partial charge < -0.3 is 25.2 Å². The molecule has 2 aromatic heterocycles. The highest BCUT2D eigenvalue weighted by Crippen LogP contribution is 2.33. The van der Waals surface area contributed by atoms with Crippen LogP contribution in [-0.4, -0.2) is 26.2 Å².